The first-order chi connectivity index (χ1) is 16.2. The maximum Gasteiger partial charge on any atom is 0.251 e. The zero-order valence-corrected chi connectivity index (χ0v) is 19.1. The predicted octanol–water partition coefficient (Wildman–Crippen LogP) is 4.88. The molecule has 2 amide bonds. The number of hydrogen-bond acceptors (Lipinski definition) is 4. The monoisotopic (exact) mass is 458 g/mol. The van der Waals surface area contributed by atoms with Crippen LogP contribution in [-0.4, -0.2) is 21.6 Å². The molecule has 2 aromatic carbocycles. The SMILES string of the molecule is O=C(CCCc1cccs1)Nc1cccc(C(=O)NCc2ccccc2Cn2cccn2)c1. The number of aryl methyl sites for hydroxylation is 1. The van der Waals surface area contributed by atoms with Gasteiger partial charge in [0, 0.05) is 41.5 Å². The lowest BCUT2D eigenvalue weighted by atomic mass is 10.1. The van der Waals surface area contributed by atoms with Crippen LogP contribution in [0.1, 0.15) is 39.2 Å². The number of anilines is 1. The summed E-state index contributed by atoms with van der Waals surface area (Å²) in [5.41, 5.74) is 3.28. The van der Waals surface area contributed by atoms with Gasteiger partial charge in [-0.15, -0.1) is 11.3 Å². The van der Waals surface area contributed by atoms with Crippen LogP contribution in [0, 0.1) is 0 Å². The molecule has 0 aliphatic rings. The number of thiophene rings is 1. The second-order valence-corrected chi connectivity index (χ2v) is 8.75. The van der Waals surface area contributed by atoms with E-state index in [2.05, 4.69) is 21.8 Å². The molecule has 0 radical (unpaired) electrons. The van der Waals surface area contributed by atoms with Crippen LogP contribution in [0.15, 0.2) is 84.5 Å². The minimum absolute atomic E-state index is 0.0448. The van der Waals surface area contributed by atoms with Gasteiger partial charge in [0.1, 0.15) is 0 Å². The Hall–Kier alpha value is -3.71. The van der Waals surface area contributed by atoms with Crippen molar-refractivity contribution >= 4 is 28.8 Å². The fourth-order valence-electron chi connectivity index (χ4n) is 3.57. The van der Waals surface area contributed by atoms with Crippen molar-refractivity contribution in [3.05, 3.63) is 106 Å². The zero-order chi connectivity index (χ0) is 22.9. The molecule has 6 nitrogen and oxygen atoms in total. The molecule has 7 heteroatoms. The van der Waals surface area contributed by atoms with Crippen LogP contribution in [-0.2, 0) is 24.3 Å². The van der Waals surface area contributed by atoms with Gasteiger partial charge in [-0.25, -0.2) is 0 Å². The van der Waals surface area contributed by atoms with Crippen LogP contribution in [0.3, 0.4) is 0 Å². The molecule has 4 rings (SSSR count). The molecule has 0 bridgehead atoms. The summed E-state index contributed by atoms with van der Waals surface area (Å²) in [4.78, 5) is 26.3. The van der Waals surface area contributed by atoms with Crippen LogP contribution in [0.2, 0.25) is 0 Å². The number of carbonyl (C=O) groups is 2. The Morgan fingerprint density at radius 1 is 0.970 bits per heavy atom. The normalized spacial score (nSPS) is 10.7. The van der Waals surface area contributed by atoms with E-state index in [0.29, 0.717) is 30.8 Å². The molecule has 0 aliphatic heterocycles. The third kappa shape index (κ3) is 6.63. The first kappa shape index (κ1) is 22.5. The Balaban J connectivity index is 1.30. The fourth-order valence-corrected chi connectivity index (χ4v) is 4.32. The first-order valence-corrected chi connectivity index (χ1v) is 11.8. The zero-order valence-electron chi connectivity index (χ0n) is 18.2. The second kappa shape index (κ2) is 11.2. The van der Waals surface area contributed by atoms with Gasteiger partial charge in [0.2, 0.25) is 5.91 Å². The molecule has 0 atom stereocenters. The van der Waals surface area contributed by atoms with Crippen molar-refractivity contribution in [1.82, 2.24) is 15.1 Å². The van der Waals surface area contributed by atoms with Crippen molar-refractivity contribution in [1.29, 1.82) is 0 Å². The van der Waals surface area contributed by atoms with Crippen LogP contribution >= 0.6 is 11.3 Å². The van der Waals surface area contributed by atoms with Gasteiger partial charge in [-0.2, -0.15) is 5.10 Å². The van der Waals surface area contributed by atoms with Crippen molar-refractivity contribution in [2.75, 3.05) is 5.32 Å². The third-order valence-electron chi connectivity index (χ3n) is 5.26. The van der Waals surface area contributed by atoms with E-state index < -0.39 is 0 Å². The molecule has 2 aromatic heterocycles. The summed E-state index contributed by atoms with van der Waals surface area (Å²) in [6.45, 7) is 1.06. The van der Waals surface area contributed by atoms with Gasteiger partial charge in [0.15, 0.2) is 0 Å². The molecule has 0 unspecified atom stereocenters. The van der Waals surface area contributed by atoms with Gasteiger partial charge in [-0.05, 0) is 59.7 Å². The highest BCUT2D eigenvalue weighted by Gasteiger charge is 2.10. The van der Waals surface area contributed by atoms with Gasteiger partial charge in [-0.1, -0.05) is 36.4 Å². The van der Waals surface area contributed by atoms with Gasteiger partial charge >= 0.3 is 0 Å². The highest BCUT2D eigenvalue weighted by Crippen LogP contribution is 2.15. The van der Waals surface area contributed by atoms with Gasteiger partial charge in [0.25, 0.3) is 5.91 Å². The molecule has 0 aliphatic carbocycles. The summed E-state index contributed by atoms with van der Waals surface area (Å²) in [6, 6.07) is 21.0. The maximum atomic E-state index is 12.7. The Morgan fingerprint density at radius 2 is 1.85 bits per heavy atom. The van der Waals surface area contributed by atoms with E-state index >= 15 is 0 Å². The Kier molecular flexibility index (Phi) is 7.66. The van der Waals surface area contributed by atoms with Crippen molar-refractivity contribution < 1.29 is 9.59 Å². The topological polar surface area (TPSA) is 76.0 Å². The molecule has 168 valence electrons. The standard InChI is InChI=1S/C26H26N4O2S/c31-25(13-4-11-24-12-5-16-33-24)29-23-10-3-9-20(17-23)26(32)27-18-21-7-1-2-8-22(21)19-30-15-6-14-28-30/h1-3,5-10,12,14-17H,4,11,13,18-19H2,(H,27,32)(H,29,31). The summed E-state index contributed by atoms with van der Waals surface area (Å²) in [6.07, 6.45) is 5.80. The highest BCUT2D eigenvalue weighted by atomic mass is 32.1. The van der Waals surface area contributed by atoms with Gasteiger partial charge in [-0.3, -0.25) is 14.3 Å². The number of aromatic nitrogens is 2. The summed E-state index contributed by atoms with van der Waals surface area (Å²) in [5.74, 6) is -0.227. The fraction of sp³-hybridized carbons (Fsp3) is 0.192. The van der Waals surface area contributed by atoms with Crippen LogP contribution in [0.5, 0.6) is 0 Å². The molecule has 0 saturated carbocycles. The molecule has 2 heterocycles. The lowest BCUT2D eigenvalue weighted by Gasteiger charge is -2.12. The number of carbonyl (C=O) groups excluding carboxylic acids is 2. The third-order valence-corrected chi connectivity index (χ3v) is 6.20. The van der Waals surface area contributed by atoms with Crippen LogP contribution < -0.4 is 10.6 Å². The van der Waals surface area contributed by atoms with Crippen molar-refractivity contribution in [2.24, 2.45) is 0 Å². The lowest BCUT2D eigenvalue weighted by Crippen LogP contribution is -2.24. The van der Waals surface area contributed by atoms with E-state index in [4.69, 9.17) is 0 Å². The van der Waals surface area contributed by atoms with E-state index in [-0.39, 0.29) is 11.8 Å². The Labute approximate surface area is 197 Å². The molecular formula is C26H26N4O2S. The van der Waals surface area contributed by atoms with Crippen LogP contribution in [0.25, 0.3) is 0 Å². The number of amides is 2. The summed E-state index contributed by atoms with van der Waals surface area (Å²) < 4.78 is 1.85. The number of hydrogen-bond donors (Lipinski definition) is 2. The van der Waals surface area contributed by atoms with Crippen molar-refractivity contribution in [3.63, 3.8) is 0 Å². The molecule has 2 N–H and O–H groups in total. The number of nitrogens with one attached hydrogen (secondary N) is 2. The average molecular weight is 459 g/mol. The van der Waals surface area contributed by atoms with Crippen molar-refractivity contribution in [2.45, 2.75) is 32.4 Å². The van der Waals surface area contributed by atoms with E-state index in [9.17, 15) is 9.59 Å². The number of rotatable bonds is 10. The maximum absolute atomic E-state index is 12.7. The lowest BCUT2D eigenvalue weighted by molar-refractivity contribution is -0.116. The molecular weight excluding hydrogens is 432 g/mol. The first-order valence-electron chi connectivity index (χ1n) is 10.9. The Morgan fingerprint density at radius 3 is 2.64 bits per heavy atom. The molecule has 0 fully saturated rings. The van der Waals surface area contributed by atoms with Crippen LogP contribution in [0.4, 0.5) is 5.69 Å². The highest BCUT2D eigenvalue weighted by molar-refractivity contribution is 7.09. The Bertz CT molecular complexity index is 1190. The molecule has 0 spiro atoms. The smallest absolute Gasteiger partial charge is 0.251 e. The summed E-state index contributed by atoms with van der Waals surface area (Å²) in [7, 11) is 0. The number of benzene rings is 2. The quantitative estimate of drug-likeness (QED) is 0.355. The summed E-state index contributed by atoms with van der Waals surface area (Å²) >= 11 is 1.71. The van der Waals surface area contributed by atoms with E-state index in [1.807, 2.05) is 52.7 Å². The van der Waals surface area contributed by atoms with Gasteiger partial charge in [0.05, 0.1) is 6.54 Å². The van der Waals surface area contributed by atoms with E-state index in [1.54, 1.807) is 41.8 Å². The molecule has 4 aromatic rings. The average Bonchev–Trinajstić information content (AvgIpc) is 3.53. The molecule has 33 heavy (non-hydrogen) atoms. The number of nitrogens with zero attached hydrogens (tertiary/aromatic N) is 2. The van der Waals surface area contributed by atoms with Crippen molar-refractivity contribution in [3.8, 4) is 0 Å². The van der Waals surface area contributed by atoms with E-state index in [1.165, 1.54) is 4.88 Å². The van der Waals surface area contributed by atoms with E-state index in [0.717, 1.165) is 24.0 Å². The molecule has 0 saturated heterocycles. The largest absolute Gasteiger partial charge is 0.348 e. The minimum Gasteiger partial charge on any atom is -0.348 e. The predicted molar refractivity (Wildman–Crippen MR) is 131 cm³/mol. The second-order valence-electron chi connectivity index (χ2n) is 7.72. The minimum atomic E-state index is -0.183. The van der Waals surface area contributed by atoms with Gasteiger partial charge < -0.3 is 10.6 Å². The summed E-state index contributed by atoms with van der Waals surface area (Å²) in [5, 5.41) is 12.2.